The van der Waals surface area contributed by atoms with Gasteiger partial charge in [-0.05, 0) is 55.8 Å². The molecule has 4 rings (SSSR count). The topological polar surface area (TPSA) is 58.4 Å². The molecule has 1 saturated heterocycles. The van der Waals surface area contributed by atoms with Crippen molar-refractivity contribution in [2.45, 2.75) is 19.4 Å². The van der Waals surface area contributed by atoms with E-state index >= 15 is 0 Å². The first kappa shape index (κ1) is 16.1. The van der Waals surface area contributed by atoms with Gasteiger partial charge in [0.05, 0.1) is 4.88 Å². The van der Waals surface area contributed by atoms with E-state index in [1.807, 2.05) is 16.8 Å². The van der Waals surface area contributed by atoms with Crippen LogP contribution in [0.5, 0.6) is 0 Å². The summed E-state index contributed by atoms with van der Waals surface area (Å²) >= 11 is 1.25. The first-order valence-electron chi connectivity index (χ1n) is 8.39. The normalized spacial score (nSPS) is 14.9. The van der Waals surface area contributed by atoms with Gasteiger partial charge in [0.1, 0.15) is 4.88 Å². The number of imidazole rings is 1. The molecule has 5 nitrogen and oxygen atoms in total. The van der Waals surface area contributed by atoms with E-state index in [9.17, 15) is 4.79 Å². The SMILES string of the molecule is O=C(O)c1ccc(-c2nccn2-c2cccc(CN3CCCC3)c2)s1. The molecule has 0 aliphatic carbocycles. The third-order valence-corrected chi connectivity index (χ3v) is 5.54. The predicted octanol–water partition coefficient (Wildman–Crippen LogP) is 3.89. The second kappa shape index (κ2) is 6.82. The standard InChI is InChI=1S/C19H19N3O2S/c23-19(24)17-7-6-16(25-17)18-20-8-11-22(18)15-5-3-4-14(12-15)13-21-9-1-2-10-21/h3-8,11-12H,1-2,9-10,13H2,(H,23,24). The first-order valence-corrected chi connectivity index (χ1v) is 9.21. The van der Waals surface area contributed by atoms with Crippen molar-refractivity contribution in [3.8, 4) is 16.4 Å². The van der Waals surface area contributed by atoms with Gasteiger partial charge in [0.2, 0.25) is 0 Å². The highest BCUT2D eigenvalue weighted by molar-refractivity contribution is 7.17. The molecule has 1 aromatic carbocycles. The molecule has 0 radical (unpaired) electrons. The van der Waals surface area contributed by atoms with Crippen LogP contribution >= 0.6 is 11.3 Å². The quantitative estimate of drug-likeness (QED) is 0.756. The Hall–Kier alpha value is -2.44. The van der Waals surface area contributed by atoms with Crippen molar-refractivity contribution in [3.05, 3.63) is 59.2 Å². The second-order valence-corrected chi connectivity index (χ2v) is 7.33. The molecule has 1 fully saturated rings. The van der Waals surface area contributed by atoms with Gasteiger partial charge in [-0.3, -0.25) is 9.47 Å². The fourth-order valence-corrected chi connectivity index (χ4v) is 4.11. The Morgan fingerprint density at radius 1 is 1.20 bits per heavy atom. The first-order chi connectivity index (χ1) is 12.2. The molecule has 25 heavy (non-hydrogen) atoms. The van der Waals surface area contributed by atoms with Crippen LogP contribution in [-0.2, 0) is 6.54 Å². The number of hydrogen-bond acceptors (Lipinski definition) is 4. The van der Waals surface area contributed by atoms with Crippen LogP contribution in [-0.4, -0.2) is 38.6 Å². The lowest BCUT2D eigenvalue weighted by atomic mass is 10.2. The van der Waals surface area contributed by atoms with E-state index in [-0.39, 0.29) is 0 Å². The Bertz CT molecular complexity index is 893. The predicted molar refractivity (Wildman–Crippen MR) is 98.3 cm³/mol. The Labute approximate surface area is 150 Å². The summed E-state index contributed by atoms with van der Waals surface area (Å²) in [7, 11) is 0. The molecule has 0 unspecified atom stereocenters. The smallest absolute Gasteiger partial charge is 0.345 e. The molecule has 0 amide bonds. The van der Waals surface area contributed by atoms with Crippen LogP contribution in [0.4, 0.5) is 0 Å². The van der Waals surface area contributed by atoms with Crippen molar-refractivity contribution in [1.82, 2.24) is 14.5 Å². The molecular weight excluding hydrogens is 334 g/mol. The molecule has 1 N–H and O–H groups in total. The number of rotatable bonds is 5. The van der Waals surface area contributed by atoms with Crippen molar-refractivity contribution < 1.29 is 9.90 Å². The maximum atomic E-state index is 11.1. The fourth-order valence-electron chi connectivity index (χ4n) is 3.27. The van der Waals surface area contributed by atoms with Crippen LogP contribution < -0.4 is 0 Å². The van der Waals surface area contributed by atoms with Crippen LogP contribution in [0, 0.1) is 0 Å². The summed E-state index contributed by atoms with van der Waals surface area (Å²) in [6.45, 7) is 3.32. The van der Waals surface area contributed by atoms with E-state index in [0.717, 1.165) is 22.9 Å². The van der Waals surface area contributed by atoms with Crippen LogP contribution in [0.3, 0.4) is 0 Å². The summed E-state index contributed by atoms with van der Waals surface area (Å²) in [6.07, 6.45) is 6.25. The summed E-state index contributed by atoms with van der Waals surface area (Å²) < 4.78 is 2.02. The fraction of sp³-hybridized carbons (Fsp3) is 0.263. The number of thiophene rings is 1. The molecule has 1 aliphatic heterocycles. The summed E-state index contributed by atoms with van der Waals surface area (Å²) in [4.78, 5) is 19.2. The van der Waals surface area contributed by atoms with Gasteiger partial charge in [-0.2, -0.15) is 0 Å². The van der Waals surface area contributed by atoms with E-state index in [4.69, 9.17) is 5.11 Å². The number of carboxylic acid groups (broad SMARTS) is 1. The zero-order chi connectivity index (χ0) is 17.2. The highest BCUT2D eigenvalue weighted by Crippen LogP contribution is 2.29. The van der Waals surface area contributed by atoms with Gasteiger partial charge in [-0.15, -0.1) is 11.3 Å². The van der Waals surface area contributed by atoms with E-state index in [2.05, 4.69) is 34.1 Å². The number of carbonyl (C=O) groups is 1. The third kappa shape index (κ3) is 3.36. The van der Waals surface area contributed by atoms with Gasteiger partial charge in [-0.1, -0.05) is 12.1 Å². The zero-order valence-electron chi connectivity index (χ0n) is 13.8. The Morgan fingerprint density at radius 2 is 2.04 bits per heavy atom. The van der Waals surface area contributed by atoms with Crippen molar-refractivity contribution in [3.63, 3.8) is 0 Å². The second-order valence-electron chi connectivity index (χ2n) is 6.24. The van der Waals surface area contributed by atoms with Gasteiger partial charge in [-0.25, -0.2) is 9.78 Å². The molecule has 2 aromatic heterocycles. The summed E-state index contributed by atoms with van der Waals surface area (Å²) in [5.41, 5.74) is 2.34. The van der Waals surface area contributed by atoms with Crippen molar-refractivity contribution in [1.29, 1.82) is 0 Å². The van der Waals surface area contributed by atoms with Crippen molar-refractivity contribution >= 4 is 17.3 Å². The van der Waals surface area contributed by atoms with Gasteiger partial charge in [0.25, 0.3) is 0 Å². The summed E-state index contributed by atoms with van der Waals surface area (Å²) in [5, 5.41) is 9.13. The maximum absolute atomic E-state index is 11.1. The molecular formula is C19H19N3O2S. The monoisotopic (exact) mass is 353 g/mol. The van der Waals surface area contributed by atoms with E-state index in [1.54, 1.807) is 12.3 Å². The molecule has 3 heterocycles. The number of aromatic nitrogens is 2. The van der Waals surface area contributed by atoms with Gasteiger partial charge in [0.15, 0.2) is 5.82 Å². The van der Waals surface area contributed by atoms with Gasteiger partial charge >= 0.3 is 5.97 Å². The minimum atomic E-state index is -0.901. The van der Waals surface area contributed by atoms with Crippen LogP contribution in [0.25, 0.3) is 16.4 Å². The van der Waals surface area contributed by atoms with E-state index in [1.165, 1.54) is 42.8 Å². The van der Waals surface area contributed by atoms with Crippen molar-refractivity contribution in [2.24, 2.45) is 0 Å². The Morgan fingerprint density at radius 3 is 2.80 bits per heavy atom. The molecule has 0 saturated carbocycles. The van der Waals surface area contributed by atoms with E-state index < -0.39 is 5.97 Å². The number of likely N-dealkylation sites (tertiary alicyclic amines) is 1. The largest absolute Gasteiger partial charge is 0.477 e. The Balaban J connectivity index is 1.64. The van der Waals surface area contributed by atoms with Gasteiger partial charge < -0.3 is 5.11 Å². The highest BCUT2D eigenvalue weighted by atomic mass is 32.1. The van der Waals surface area contributed by atoms with E-state index in [0.29, 0.717) is 4.88 Å². The third-order valence-electron chi connectivity index (χ3n) is 4.47. The average molecular weight is 353 g/mol. The number of hydrogen-bond donors (Lipinski definition) is 1. The lowest BCUT2D eigenvalue weighted by molar-refractivity contribution is 0.0702. The number of carboxylic acids is 1. The van der Waals surface area contributed by atoms with Crippen LogP contribution in [0.15, 0.2) is 48.8 Å². The molecule has 3 aromatic rings. The molecule has 0 bridgehead atoms. The molecule has 0 spiro atoms. The zero-order valence-corrected chi connectivity index (χ0v) is 14.6. The molecule has 0 atom stereocenters. The lowest BCUT2D eigenvalue weighted by Crippen LogP contribution is -2.18. The molecule has 1 aliphatic rings. The number of nitrogens with zero attached hydrogens (tertiary/aromatic N) is 3. The highest BCUT2D eigenvalue weighted by Gasteiger charge is 2.15. The summed E-state index contributed by atoms with van der Waals surface area (Å²) in [5.74, 6) is -0.127. The maximum Gasteiger partial charge on any atom is 0.345 e. The van der Waals surface area contributed by atoms with Crippen LogP contribution in [0.1, 0.15) is 28.1 Å². The minimum Gasteiger partial charge on any atom is -0.477 e. The summed E-state index contributed by atoms with van der Waals surface area (Å²) in [6, 6.07) is 11.9. The number of benzene rings is 1. The average Bonchev–Trinajstić information content (AvgIpc) is 3.35. The Kier molecular flexibility index (Phi) is 4.38. The minimum absolute atomic E-state index is 0.326. The van der Waals surface area contributed by atoms with Crippen molar-refractivity contribution in [2.75, 3.05) is 13.1 Å². The van der Waals surface area contributed by atoms with Gasteiger partial charge in [0, 0.05) is 24.6 Å². The molecule has 6 heteroatoms. The lowest BCUT2D eigenvalue weighted by Gasteiger charge is -2.15. The molecule has 128 valence electrons. The number of aromatic carboxylic acids is 1. The van der Waals surface area contributed by atoms with Crippen LogP contribution in [0.2, 0.25) is 0 Å².